The molecule has 2 rings (SSSR count). The number of hydrogen-bond acceptors (Lipinski definition) is 4. The molecule has 0 saturated carbocycles. The molecular weight excluding hydrogens is 354 g/mol. The topological polar surface area (TPSA) is 84.2 Å². The first-order valence-electron chi connectivity index (χ1n) is 6.17. The first-order valence-corrected chi connectivity index (χ1v) is 7.85. The van der Waals surface area contributed by atoms with Gasteiger partial charge < -0.3 is 16.4 Å². The Hall–Kier alpha value is -1.86. The van der Waals surface area contributed by atoms with Gasteiger partial charge in [0.15, 0.2) is 0 Å². The van der Waals surface area contributed by atoms with Gasteiger partial charge in [0.25, 0.3) is 5.91 Å². The van der Waals surface area contributed by atoms with E-state index < -0.39 is 11.9 Å². The lowest BCUT2D eigenvalue weighted by molar-refractivity contribution is -0.116. The number of thiophene rings is 1. The third kappa shape index (κ3) is 4.05. The minimum absolute atomic E-state index is 0.233. The highest BCUT2D eigenvalue weighted by atomic mass is 79.9. The SMILES string of the molecule is C[C@@H](Nc1ccc(Br)cc1)C(=O)Nc1sccc1C(N)=O. The van der Waals surface area contributed by atoms with Crippen LogP contribution in [0, 0.1) is 0 Å². The monoisotopic (exact) mass is 367 g/mol. The maximum atomic E-state index is 12.1. The molecule has 7 heteroatoms. The molecular formula is C14H14BrN3O2S. The number of nitrogens with one attached hydrogen (secondary N) is 2. The van der Waals surface area contributed by atoms with Gasteiger partial charge in [-0.05, 0) is 42.6 Å². The molecule has 1 aromatic carbocycles. The molecule has 0 unspecified atom stereocenters. The van der Waals surface area contributed by atoms with Gasteiger partial charge in [0.05, 0.1) is 5.56 Å². The van der Waals surface area contributed by atoms with E-state index in [0.717, 1.165) is 10.2 Å². The quantitative estimate of drug-likeness (QED) is 0.759. The number of amides is 2. The molecule has 0 bridgehead atoms. The van der Waals surface area contributed by atoms with Crippen LogP contribution in [0.25, 0.3) is 0 Å². The van der Waals surface area contributed by atoms with Gasteiger partial charge in [-0.15, -0.1) is 11.3 Å². The van der Waals surface area contributed by atoms with Gasteiger partial charge in [0.2, 0.25) is 5.91 Å². The van der Waals surface area contributed by atoms with Gasteiger partial charge in [-0.3, -0.25) is 9.59 Å². The van der Waals surface area contributed by atoms with Crippen molar-refractivity contribution >= 4 is 49.8 Å². The van der Waals surface area contributed by atoms with Crippen LogP contribution in [0.4, 0.5) is 10.7 Å². The van der Waals surface area contributed by atoms with Crippen LogP contribution in [0.15, 0.2) is 40.2 Å². The van der Waals surface area contributed by atoms with Crippen molar-refractivity contribution in [1.29, 1.82) is 0 Å². The van der Waals surface area contributed by atoms with Gasteiger partial charge in [0.1, 0.15) is 11.0 Å². The molecule has 0 fully saturated rings. The standard InChI is InChI=1S/C14H14BrN3O2S/c1-8(17-10-4-2-9(15)3-5-10)13(20)18-14-11(12(16)19)6-7-21-14/h2-8,17H,1H3,(H2,16,19)(H,18,20)/t8-/m1/s1. The summed E-state index contributed by atoms with van der Waals surface area (Å²) in [6.07, 6.45) is 0. The summed E-state index contributed by atoms with van der Waals surface area (Å²) in [7, 11) is 0. The molecule has 1 aromatic heterocycles. The van der Waals surface area contributed by atoms with E-state index in [1.165, 1.54) is 11.3 Å². The predicted octanol–water partition coefficient (Wildman–Crippen LogP) is 3.05. The predicted molar refractivity (Wildman–Crippen MR) is 88.7 cm³/mol. The summed E-state index contributed by atoms with van der Waals surface area (Å²) >= 11 is 4.62. The maximum absolute atomic E-state index is 12.1. The van der Waals surface area contributed by atoms with Crippen LogP contribution in [0.1, 0.15) is 17.3 Å². The van der Waals surface area contributed by atoms with Crippen LogP contribution in [-0.4, -0.2) is 17.9 Å². The Morgan fingerprint density at radius 2 is 1.90 bits per heavy atom. The molecule has 1 heterocycles. The number of carbonyl (C=O) groups excluding carboxylic acids is 2. The Bertz CT molecular complexity index is 654. The summed E-state index contributed by atoms with van der Waals surface area (Å²) in [4.78, 5) is 23.3. The van der Waals surface area contributed by atoms with Crippen LogP contribution >= 0.6 is 27.3 Å². The lowest BCUT2D eigenvalue weighted by atomic mass is 10.2. The number of carbonyl (C=O) groups is 2. The number of primary amides is 1. The van der Waals surface area contributed by atoms with Gasteiger partial charge in [-0.2, -0.15) is 0 Å². The number of nitrogens with two attached hydrogens (primary N) is 1. The average Bonchev–Trinajstić information content (AvgIpc) is 2.89. The van der Waals surface area contributed by atoms with Crippen molar-refractivity contribution in [2.24, 2.45) is 5.73 Å². The van der Waals surface area contributed by atoms with E-state index in [-0.39, 0.29) is 5.91 Å². The first kappa shape index (κ1) is 15.5. The Morgan fingerprint density at radius 1 is 1.24 bits per heavy atom. The molecule has 2 aromatic rings. The fourth-order valence-corrected chi connectivity index (χ4v) is 2.74. The second-order valence-electron chi connectivity index (χ2n) is 4.39. The highest BCUT2D eigenvalue weighted by Gasteiger charge is 2.17. The molecule has 110 valence electrons. The van der Waals surface area contributed by atoms with Crippen molar-refractivity contribution in [3.8, 4) is 0 Å². The van der Waals surface area contributed by atoms with Crippen molar-refractivity contribution in [2.45, 2.75) is 13.0 Å². The Kier molecular flexibility index (Phi) is 4.98. The Labute approximate surface area is 134 Å². The molecule has 1 atom stereocenters. The van der Waals surface area contributed by atoms with E-state index in [2.05, 4.69) is 26.6 Å². The molecule has 0 spiro atoms. The van der Waals surface area contributed by atoms with E-state index in [9.17, 15) is 9.59 Å². The van der Waals surface area contributed by atoms with Gasteiger partial charge in [0, 0.05) is 10.2 Å². The molecule has 2 amide bonds. The van der Waals surface area contributed by atoms with Crippen LogP contribution in [0.2, 0.25) is 0 Å². The molecule has 0 aliphatic carbocycles. The average molecular weight is 368 g/mol. The zero-order chi connectivity index (χ0) is 15.4. The summed E-state index contributed by atoms with van der Waals surface area (Å²) < 4.78 is 0.967. The number of anilines is 2. The third-order valence-corrected chi connectivity index (χ3v) is 4.15. The van der Waals surface area contributed by atoms with Crippen molar-refractivity contribution < 1.29 is 9.59 Å². The van der Waals surface area contributed by atoms with Crippen molar-refractivity contribution in [3.63, 3.8) is 0 Å². The molecule has 0 radical (unpaired) electrons. The fourth-order valence-electron chi connectivity index (χ4n) is 1.68. The maximum Gasteiger partial charge on any atom is 0.251 e. The van der Waals surface area contributed by atoms with Crippen molar-refractivity contribution in [2.75, 3.05) is 10.6 Å². The zero-order valence-corrected chi connectivity index (χ0v) is 13.6. The van der Waals surface area contributed by atoms with Crippen molar-refractivity contribution in [1.82, 2.24) is 0 Å². The highest BCUT2D eigenvalue weighted by molar-refractivity contribution is 9.10. The number of rotatable bonds is 5. The van der Waals surface area contributed by atoms with E-state index in [1.54, 1.807) is 18.4 Å². The van der Waals surface area contributed by atoms with E-state index in [1.807, 2.05) is 24.3 Å². The molecule has 0 aliphatic heterocycles. The van der Waals surface area contributed by atoms with Crippen LogP contribution in [0.3, 0.4) is 0 Å². The van der Waals surface area contributed by atoms with E-state index in [4.69, 9.17) is 5.73 Å². The lowest BCUT2D eigenvalue weighted by Gasteiger charge is -2.15. The summed E-state index contributed by atoms with van der Waals surface area (Å²) in [5.74, 6) is -0.789. The lowest BCUT2D eigenvalue weighted by Crippen LogP contribution is -2.32. The number of hydrogen-bond donors (Lipinski definition) is 3. The number of halogens is 1. The molecule has 5 nitrogen and oxygen atoms in total. The van der Waals surface area contributed by atoms with E-state index >= 15 is 0 Å². The summed E-state index contributed by atoms with van der Waals surface area (Å²) in [5, 5.41) is 7.98. The van der Waals surface area contributed by atoms with Crippen LogP contribution in [-0.2, 0) is 4.79 Å². The van der Waals surface area contributed by atoms with Gasteiger partial charge in [-0.25, -0.2) is 0 Å². The van der Waals surface area contributed by atoms with Crippen LogP contribution < -0.4 is 16.4 Å². The Balaban J connectivity index is 2.01. The third-order valence-electron chi connectivity index (χ3n) is 2.79. The smallest absolute Gasteiger partial charge is 0.251 e. The normalized spacial score (nSPS) is 11.7. The largest absolute Gasteiger partial charge is 0.374 e. The highest BCUT2D eigenvalue weighted by Crippen LogP contribution is 2.23. The van der Waals surface area contributed by atoms with Gasteiger partial charge in [-0.1, -0.05) is 15.9 Å². The zero-order valence-electron chi connectivity index (χ0n) is 11.2. The fraction of sp³-hybridized carbons (Fsp3) is 0.143. The molecule has 4 N–H and O–H groups in total. The summed E-state index contributed by atoms with van der Waals surface area (Å²) in [6, 6.07) is 8.65. The molecule has 21 heavy (non-hydrogen) atoms. The summed E-state index contributed by atoms with van der Waals surface area (Å²) in [6.45, 7) is 1.74. The first-order chi connectivity index (χ1) is 9.97. The molecule has 0 aliphatic rings. The Morgan fingerprint density at radius 3 is 2.52 bits per heavy atom. The van der Waals surface area contributed by atoms with Gasteiger partial charge >= 0.3 is 0 Å². The summed E-state index contributed by atoms with van der Waals surface area (Å²) in [5.41, 5.74) is 6.40. The van der Waals surface area contributed by atoms with Crippen molar-refractivity contribution in [3.05, 3.63) is 45.7 Å². The second-order valence-corrected chi connectivity index (χ2v) is 6.22. The van der Waals surface area contributed by atoms with Crippen LogP contribution in [0.5, 0.6) is 0 Å². The second kappa shape index (κ2) is 6.73. The minimum Gasteiger partial charge on any atom is -0.374 e. The van der Waals surface area contributed by atoms with E-state index in [0.29, 0.717) is 10.6 Å². The number of benzene rings is 1. The minimum atomic E-state index is -0.555. The molecule has 0 saturated heterocycles.